The Morgan fingerprint density at radius 3 is 2.76 bits per heavy atom. The molecule has 2 aliphatic rings. The highest BCUT2D eigenvalue weighted by atomic mass is 16.6. The number of anilines is 2. The number of para-hydroxylation sites is 2. The fourth-order valence-electron chi connectivity index (χ4n) is 4.31. The van der Waals surface area contributed by atoms with Crippen LogP contribution in [0.2, 0.25) is 0 Å². The zero-order valence-corrected chi connectivity index (χ0v) is 17.6. The van der Waals surface area contributed by atoms with Gasteiger partial charge in [-0.15, -0.1) is 0 Å². The van der Waals surface area contributed by atoms with Gasteiger partial charge in [-0.1, -0.05) is 12.1 Å². The highest BCUT2D eigenvalue weighted by Gasteiger charge is 2.41. The molecule has 0 unspecified atom stereocenters. The second-order valence-electron chi connectivity index (χ2n) is 7.90. The van der Waals surface area contributed by atoms with E-state index in [9.17, 15) is 9.59 Å². The van der Waals surface area contributed by atoms with Crippen LogP contribution in [0.25, 0.3) is 11.0 Å². The van der Waals surface area contributed by atoms with Crippen LogP contribution in [0.4, 0.5) is 11.6 Å². The molecule has 0 bridgehead atoms. The van der Waals surface area contributed by atoms with E-state index in [4.69, 9.17) is 13.9 Å². The lowest BCUT2D eigenvalue weighted by Crippen LogP contribution is -2.31. The highest BCUT2D eigenvalue weighted by molar-refractivity contribution is 6.05. The van der Waals surface area contributed by atoms with E-state index < -0.39 is 6.04 Å². The van der Waals surface area contributed by atoms with E-state index >= 15 is 0 Å². The third-order valence-electron chi connectivity index (χ3n) is 5.78. The van der Waals surface area contributed by atoms with E-state index in [1.165, 1.54) is 0 Å². The Balaban J connectivity index is 1.28. The van der Waals surface area contributed by atoms with Crippen molar-refractivity contribution in [2.24, 2.45) is 0 Å². The molecule has 0 fully saturated rings. The van der Waals surface area contributed by atoms with E-state index in [2.05, 4.69) is 10.3 Å². The van der Waals surface area contributed by atoms with Gasteiger partial charge < -0.3 is 19.2 Å². The minimum absolute atomic E-state index is 0.0325. The average Bonchev–Trinajstić information content (AvgIpc) is 3.53. The molecule has 9 nitrogen and oxygen atoms in total. The van der Waals surface area contributed by atoms with Crippen LogP contribution < -0.4 is 19.7 Å². The summed E-state index contributed by atoms with van der Waals surface area (Å²) in [7, 11) is 0. The SMILES string of the molecule is O=C(C[C@H]1C(=O)N(Cc2ccco2)c2nc3ccccc3n21)Nc1ccc2c(c1)OCCO2. The number of hydrogen-bond acceptors (Lipinski definition) is 6. The zero-order chi connectivity index (χ0) is 22.4. The van der Waals surface area contributed by atoms with Crippen LogP contribution in [-0.2, 0) is 16.1 Å². The molecule has 6 rings (SSSR count). The van der Waals surface area contributed by atoms with E-state index in [0.29, 0.717) is 42.1 Å². The summed E-state index contributed by atoms with van der Waals surface area (Å²) in [6, 6.07) is 15.7. The molecule has 1 atom stereocenters. The maximum absolute atomic E-state index is 13.4. The Kier molecular flexibility index (Phi) is 4.53. The number of fused-ring (bicyclic) bond motifs is 4. The molecule has 1 N–H and O–H groups in total. The second-order valence-corrected chi connectivity index (χ2v) is 7.90. The van der Waals surface area contributed by atoms with Crippen LogP contribution in [-0.4, -0.2) is 34.6 Å². The highest BCUT2D eigenvalue weighted by Crippen LogP contribution is 2.38. The quantitative estimate of drug-likeness (QED) is 0.506. The van der Waals surface area contributed by atoms with Gasteiger partial charge in [-0.3, -0.25) is 19.1 Å². The van der Waals surface area contributed by atoms with Gasteiger partial charge in [0.1, 0.15) is 25.0 Å². The summed E-state index contributed by atoms with van der Waals surface area (Å²) in [5.41, 5.74) is 2.15. The summed E-state index contributed by atoms with van der Waals surface area (Å²) in [5.74, 6) is 1.90. The number of nitrogens with zero attached hydrogens (tertiary/aromatic N) is 3. The number of aromatic nitrogens is 2. The number of ether oxygens (including phenoxy) is 2. The molecule has 0 aliphatic carbocycles. The Bertz CT molecular complexity index is 1360. The number of benzene rings is 2. The van der Waals surface area contributed by atoms with Crippen molar-refractivity contribution < 1.29 is 23.5 Å². The number of imidazole rings is 1. The van der Waals surface area contributed by atoms with Gasteiger partial charge in [-0.2, -0.15) is 0 Å². The molecule has 0 saturated carbocycles. The molecule has 2 aromatic heterocycles. The summed E-state index contributed by atoms with van der Waals surface area (Å²) in [5, 5.41) is 2.87. The fraction of sp³-hybridized carbons (Fsp3) is 0.208. The lowest BCUT2D eigenvalue weighted by Gasteiger charge is -2.19. The zero-order valence-electron chi connectivity index (χ0n) is 17.6. The molecule has 0 spiro atoms. The number of carbonyl (C=O) groups is 2. The second kappa shape index (κ2) is 7.70. The van der Waals surface area contributed by atoms with E-state index in [-0.39, 0.29) is 24.8 Å². The van der Waals surface area contributed by atoms with Crippen LogP contribution in [0.15, 0.2) is 65.3 Å². The van der Waals surface area contributed by atoms with Crippen LogP contribution in [0.1, 0.15) is 18.2 Å². The first-order chi connectivity index (χ1) is 16.2. The van der Waals surface area contributed by atoms with Gasteiger partial charge in [-0.25, -0.2) is 4.98 Å². The number of hydrogen-bond donors (Lipinski definition) is 1. The van der Waals surface area contributed by atoms with E-state index in [0.717, 1.165) is 11.0 Å². The van der Waals surface area contributed by atoms with Crippen LogP contribution >= 0.6 is 0 Å². The molecule has 0 radical (unpaired) electrons. The summed E-state index contributed by atoms with van der Waals surface area (Å²) >= 11 is 0. The molecule has 2 aromatic carbocycles. The van der Waals surface area contributed by atoms with Gasteiger partial charge in [-0.05, 0) is 36.4 Å². The van der Waals surface area contributed by atoms with Crippen molar-refractivity contribution >= 4 is 34.5 Å². The summed E-state index contributed by atoms with van der Waals surface area (Å²) in [6.07, 6.45) is 1.53. The maximum Gasteiger partial charge on any atom is 0.253 e. The topological polar surface area (TPSA) is 98.8 Å². The number of rotatable bonds is 5. The molecule has 4 aromatic rings. The van der Waals surface area contributed by atoms with Crippen molar-refractivity contribution in [2.45, 2.75) is 19.0 Å². The molecule has 0 saturated heterocycles. The van der Waals surface area contributed by atoms with Gasteiger partial charge in [0.15, 0.2) is 11.5 Å². The average molecular weight is 444 g/mol. The van der Waals surface area contributed by atoms with Gasteiger partial charge in [0, 0.05) is 11.8 Å². The largest absolute Gasteiger partial charge is 0.486 e. The minimum atomic E-state index is -0.709. The summed E-state index contributed by atoms with van der Waals surface area (Å²) in [4.78, 5) is 32.6. The summed E-state index contributed by atoms with van der Waals surface area (Å²) < 4.78 is 18.4. The third-order valence-corrected chi connectivity index (χ3v) is 5.78. The Morgan fingerprint density at radius 1 is 1.06 bits per heavy atom. The molecular weight excluding hydrogens is 424 g/mol. The van der Waals surface area contributed by atoms with Crippen molar-refractivity contribution in [1.82, 2.24) is 9.55 Å². The van der Waals surface area contributed by atoms with Crippen molar-refractivity contribution in [3.05, 3.63) is 66.6 Å². The minimum Gasteiger partial charge on any atom is -0.486 e. The number of furan rings is 1. The maximum atomic E-state index is 13.4. The molecule has 2 aliphatic heterocycles. The van der Waals surface area contributed by atoms with Gasteiger partial charge in [0.25, 0.3) is 5.91 Å². The van der Waals surface area contributed by atoms with Crippen LogP contribution in [0.3, 0.4) is 0 Å². The normalized spacial score (nSPS) is 16.8. The predicted molar refractivity (Wildman–Crippen MR) is 119 cm³/mol. The molecule has 2 amide bonds. The number of amides is 2. The van der Waals surface area contributed by atoms with Crippen LogP contribution in [0.5, 0.6) is 11.5 Å². The molecule has 9 heteroatoms. The van der Waals surface area contributed by atoms with Crippen LogP contribution in [0, 0.1) is 0 Å². The van der Waals surface area contributed by atoms with E-state index in [1.54, 1.807) is 35.4 Å². The first-order valence-electron chi connectivity index (χ1n) is 10.7. The number of nitrogens with one attached hydrogen (secondary N) is 1. The molecule has 4 heterocycles. The first-order valence-corrected chi connectivity index (χ1v) is 10.7. The molecular formula is C24H20N4O5. The Labute approximate surface area is 188 Å². The predicted octanol–water partition coefficient (Wildman–Crippen LogP) is 3.52. The standard InChI is InChI=1S/C24H20N4O5/c29-22(25-15-7-8-20-21(12-15)33-11-10-32-20)13-19-23(30)27(14-16-4-3-9-31-16)24-26-17-5-1-2-6-18(17)28(19)24/h1-9,12,19H,10-11,13-14H2,(H,25,29)/t19-/m0/s1. The van der Waals surface area contributed by atoms with Gasteiger partial charge in [0.05, 0.1) is 30.3 Å². The third kappa shape index (κ3) is 3.38. The van der Waals surface area contributed by atoms with Gasteiger partial charge in [0.2, 0.25) is 11.9 Å². The van der Waals surface area contributed by atoms with Crippen molar-refractivity contribution in [2.75, 3.05) is 23.4 Å². The fourth-order valence-corrected chi connectivity index (χ4v) is 4.31. The Morgan fingerprint density at radius 2 is 1.91 bits per heavy atom. The number of carbonyl (C=O) groups excluding carboxylic acids is 2. The monoisotopic (exact) mass is 444 g/mol. The lowest BCUT2D eigenvalue weighted by molar-refractivity contribution is -0.124. The van der Waals surface area contributed by atoms with Crippen molar-refractivity contribution in [3.63, 3.8) is 0 Å². The molecule has 166 valence electrons. The first kappa shape index (κ1) is 19.4. The Hall–Kier alpha value is -4.27. The molecule has 33 heavy (non-hydrogen) atoms. The van der Waals surface area contributed by atoms with Gasteiger partial charge >= 0.3 is 0 Å². The smallest absolute Gasteiger partial charge is 0.253 e. The lowest BCUT2D eigenvalue weighted by atomic mass is 10.1. The van der Waals surface area contributed by atoms with E-state index in [1.807, 2.05) is 34.9 Å². The van der Waals surface area contributed by atoms with Crippen molar-refractivity contribution in [3.8, 4) is 11.5 Å². The summed E-state index contributed by atoms with van der Waals surface area (Å²) in [6.45, 7) is 1.20. The van der Waals surface area contributed by atoms with Crippen molar-refractivity contribution in [1.29, 1.82) is 0 Å².